The molecular formula is C78H142N20O19. The number of rotatable bonds is 60. The molecule has 0 aromatic rings. The Hall–Kier alpha value is -8.76. The summed E-state index contributed by atoms with van der Waals surface area (Å²) in [5.74, 6) is -11.5. The molecule has 0 radical (unpaired) electrons. The molecule has 39 heteroatoms. The number of carbonyl (C=O) groups is 16. The lowest BCUT2D eigenvalue weighted by molar-refractivity contribution is -0.143. The number of nitrogens with two attached hydrogens (primary N) is 4. The van der Waals surface area contributed by atoms with Crippen molar-refractivity contribution in [2.24, 2.45) is 46.6 Å². The van der Waals surface area contributed by atoms with Gasteiger partial charge in [-0.25, -0.2) is 0 Å². The van der Waals surface area contributed by atoms with Crippen LogP contribution in [-0.4, -0.2) is 282 Å². The van der Waals surface area contributed by atoms with E-state index in [1.165, 1.54) is 23.6 Å². The number of carbonyl (C=O) groups excluding carboxylic acids is 16. The van der Waals surface area contributed by atoms with Gasteiger partial charge in [0.1, 0.15) is 72.5 Å². The van der Waals surface area contributed by atoms with Crippen LogP contribution in [0.1, 0.15) is 199 Å². The molecule has 0 bridgehead atoms. The summed E-state index contributed by atoms with van der Waals surface area (Å²) >= 11 is 0. The van der Waals surface area contributed by atoms with E-state index in [1.807, 2.05) is 13.8 Å². The Morgan fingerprint density at radius 1 is 0.359 bits per heavy atom. The van der Waals surface area contributed by atoms with Gasteiger partial charge in [-0.3, -0.25) is 76.7 Å². The van der Waals surface area contributed by atoms with Gasteiger partial charge in [-0.05, 0) is 168 Å². The lowest BCUT2D eigenvalue weighted by atomic mass is 9.97. The number of nitrogens with zero attached hydrogens (tertiary/aromatic N) is 2. The third kappa shape index (κ3) is 37.8. The highest BCUT2D eigenvalue weighted by atomic mass is 16.5. The van der Waals surface area contributed by atoms with Gasteiger partial charge in [-0.1, -0.05) is 68.2 Å². The zero-order valence-corrected chi connectivity index (χ0v) is 71.6. The van der Waals surface area contributed by atoms with Gasteiger partial charge in [0.05, 0.1) is 38.5 Å². The van der Waals surface area contributed by atoms with E-state index in [1.54, 1.807) is 69.5 Å². The zero-order valence-electron chi connectivity index (χ0n) is 71.6. The molecule has 2 aliphatic heterocycles. The normalized spacial score (nSPS) is 17.6. The lowest BCUT2D eigenvalue weighted by Crippen LogP contribution is -2.60. The van der Waals surface area contributed by atoms with Crippen molar-refractivity contribution in [2.75, 3.05) is 93.0 Å². The summed E-state index contributed by atoms with van der Waals surface area (Å²) in [4.78, 5) is 219. The molecule has 16 amide bonds. The highest BCUT2D eigenvalue weighted by molar-refractivity contribution is 6.00. The van der Waals surface area contributed by atoms with Crippen LogP contribution >= 0.6 is 0 Å². The van der Waals surface area contributed by atoms with E-state index in [0.717, 1.165) is 0 Å². The number of amides is 16. The fourth-order valence-electron chi connectivity index (χ4n) is 12.8. The van der Waals surface area contributed by atoms with Gasteiger partial charge in [-0.15, -0.1) is 0 Å². The predicted octanol–water partition coefficient (Wildman–Crippen LogP) is -3.67. The minimum absolute atomic E-state index is 0.161. The molecule has 0 aromatic carbocycles. The topological polar surface area (TPSA) is 580 Å². The van der Waals surface area contributed by atoms with Crippen LogP contribution in [0.2, 0.25) is 0 Å². The Kier molecular flexibility index (Phi) is 50.5. The largest absolute Gasteiger partial charge is 0.379 e. The third-order valence-corrected chi connectivity index (χ3v) is 20.9. The van der Waals surface area contributed by atoms with Crippen LogP contribution in [0, 0.1) is 23.7 Å². The molecule has 22 N–H and O–H groups in total. The molecule has 2 saturated heterocycles. The first-order chi connectivity index (χ1) is 55.4. The van der Waals surface area contributed by atoms with Crippen LogP contribution in [0.5, 0.6) is 0 Å². The fourth-order valence-corrected chi connectivity index (χ4v) is 12.8. The Bertz CT molecular complexity index is 2990. The maximum atomic E-state index is 14.0. The third-order valence-electron chi connectivity index (χ3n) is 20.9. The van der Waals surface area contributed by atoms with Crippen LogP contribution in [0.15, 0.2) is 0 Å². The maximum absolute atomic E-state index is 14.0. The van der Waals surface area contributed by atoms with E-state index in [4.69, 9.17) is 37.1 Å². The first-order valence-electron chi connectivity index (χ1n) is 41.7. The summed E-state index contributed by atoms with van der Waals surface area (Å²) in [5, 5.41) is 38.3. The van der Waals surface area contributed by atoms with Crippen LogP contribution in [0.25, 0.3) is 0 Å². The average molecular weight is 1660 g/mol. The van der Waals surface area contributed by atoms with Crippen molar-refractivity contribution < 1.29 is 90.9 Å². The van der Waals surface area contributed by atoms with Crippen molar-refractivity contribution in [1.82, 2.24) is 84.2 Å². The standard InChI is InChI=1S/C78H142N20O19/c1-15-47(7)63(95-73(109)57-27-21-37-97(57)77(113)61(45(3)4)93-65(101)49(9)83-13)75(111)87-51(11)67(103)89-55(29-31-59(81)99)71(107)91-53(25-17-19-33-79)69(105)85-35-23-39-115-41-43-117-44-42-116-40-24-36-86-70(106)54(26-18-20-34-80)92-72(108)56(30-32-60(82)100)90-68(104)52(12)88-76(112)64(48(8)16-2)96-74(110)58-28-22-38-98(58)78(114)62(46(5)6)94-66(102)50(10)84-14/h45-58,61-64,83-84H,15-44,79-80H2,1-14H3,(H2,81,99)(H2,82,100)(H,85,105)(H,86,106)(H,87,111)(H,88,112)(H,89,103)(H,90,104)(H,91,107)(H,92,108)(H,93,101)(H,94,102)(H,95,109)(H,96,110)/t47-,48-,49-,50-,51-,52-,53-,54-,55-,56-,57-,58-,61-,62?,63-,64-/m0/s1. The Balaban J connectivity index is 1.92. The van der Waals surface area contributed by atoms with Gasteiger partial charge in [0.15, 0.2) is 0 Å². The SMILES string of the molecule is CC[C@H](C)[C@H](NC(=O)[C@@H]1CCCN1C(=O)C(NC(=O)[C@H](C)NC)C(C)C)C(=O)N[C@@H](C)C(=O)N[C@@H](CCC(N)=O)C(=O)N[C@@H](CCCCN)C(=O)NCCCOCCOCCOCCCNC(=O)[C@H](CCCCN)NC(=O)[C@H](CCC(N)=O)NC(=O)[C@H](C)NC(=O)[C@@H](NC(=O)[C@@H]1CCCN1C(=O)[C@@H](NC(=O)[C@H](C)NC)C(C)C)[C@@H](C)CC. The van der Waals surface area contributed by atoms with E-state index in [9.17, 15) is 76.7 Å². The summed E-state index contributed by atoms with van der Waals surface area (Å²) in [6.07, 6.45) is 4.45. The molecule has 2 fully saturated rings. The van der Waals surface area contributed by atoms with Crippen molar-refractivity contribution in [3.05, 3.63) is 0 Å². The molecule has 0 saturated carbocycles. The molecule has 0 aromatic heterocycles. The average Bonchev–Trinajstić information content (AvgIpc) is 1.70. The molecule has 117 heavy (non-hydrogen) atoms. The number of ether oxygens (including phenoxy) is 3. The first-order valence-corrected chi connectivity index (χ1v) is 41.7. The van der Waals surface area contributed by atoms with Crippen molar-refractivity contribution in [3.8, 4) is 0 Å². The second-order valence-electron chi connectivity index (χ2n) is 31.0. The number of primary amides is 2. The number of hydrogen-bond acceptors (Lipinski definition) is 23. The zero-order chi connectivity index (χ0) is 88.0. The number of hydrogen-bond donors (Lipinski definition) is 18. The minimum atomic E-state index is -1.38. The van der Waals surface area contributed by atoms with E-state index in [-0.39, 0.29) is 128 Å². The highest BCUT2D eigenvalue weighted by Gasteiger charge is 2.44. The monoisotopic (exact) mass is 1660 g/mol. The fraction of sp³-hybridized carbons (Fsp3) is 0.795. The second kappa shape index (κ2) is 56.6. The number of nitrogens with one attached hydrogen (secondary N) is 14. The van der Waals surface area contributed by atoms with Crippen LogP contribution in [-0.2, 0) is 90.9 Å². The summed E-state index contributed by atoms with van der Waals surface area (Å²) in [5.41, 5.74) is 22.4. The molecule has 2 heterocycles. The molecule has 0 spiro atoms. The van der Waals surface area contributed by atoms with E-state index >= 15 is 0 Å². The summed E-state index contributed by atoms with van der Waals surface area (Å²) in [6.45, 7) is 23.1. The Morgan fingerprint density at radius 2 is 0.675 bits per heavy atom. The smallest absolute Gasteiger partial charge is 0.246 e. The molecule has 16 atom stereocenters. The highest BCUT2D eigenvalue weighted by Crippen LogP contribution is 2.24. The van der Waals surface area contributed by atoms with Crippen molar-refractivity contribution in [3.63, 3.8) is 0 Å². The van der Waals surface area contributed by atoms with E-state index in [2.05, 4.69) is 74.4 Å². The summed E-state index contributed by atoms with van der Waals surface area (Å²) in [7, 11) is 3.24. The number of likely N-dealkylation sites (N-methyl/N-ethyl adjacent to an activating group) is 2. The van der Waals surface area contributed by atoms with E-state index < -0.39 is 179 Å². The van der Waals surface area contributed by atoms with Gasteiger partial charge < -0.3 is 121 Å². The number of likely N-dealkylation sites (tertiary alicyclic amines) is 2. The molecule has 668 valence electrons. The van der Waals surface area contributed by atoms with Gasteiger partial charge in [0, 0.05) is 52.2 Å². The van der Waals surface area contributed by atoms with Crippen molar-refractivity contribution in [2.45, 2.75) is 283 Å². The lowest BCUT2D eigenvalue weighted by Gasteiger charge is -2.32. The van der Waals surface area contributed by atoms with Crippen LogP contribution in [0.3, 0.4) is 0 Å². The number of unbranched alkanes of at least 4 members (excludes halogenated alkanes) is 2. The first kappa shape index (κ1) is 104. The molecule has 39 nitrogen and oxygen atoms in total. The van der Waals surface area contributed by atoms with Crippen LogP contribution in [0.4, 0.5) is 0 Å². The Morgan fingerprint density at radius 3 is 0.983 bits per heavy atom. The van der Waals surface area contributed by atoms with Gasteiger partial charge >= 0.3 is 0 Å². The molecule has 2 aliphatic rings. The van der Waals surface area contributed by atoms with Gasteiger partial charge in [-0.2, -0.15) is 0 Å². The maximum Gasteiger partial charge on any atom is 0.246 e. The van der Waals surface area contributed by atoms with Gasteiger partial charge in [0.25, 0.3) is 0 Å². The van der Waals surface area contributed by atoms with Gasteiger partial charge in [0.2, 0.25) is 94.5 Å². The Labute approximate surface area is 689 Å². The molecule has 0 aliphatic carbocycles. The second-order valence-corrected chi connectivity index (χ2v) is 31.0. The van der Waals surface area contributed by atoms with Crippen LogP contribution < -0.4 is 97.4 Å². The molecule has 1 unspecified atom stereocenters. The quantitative estimate of drug-likeness (QED) is 0.0261. The van der Waals surface area contributed by atoms with Crippen molar-refractivity contribution >= 4 is 94.5 Å². The predicted molar refractivity (Wildman–Crippen MR) is 436 cm³/mol. The molecule has 2 rings (SSSR count). The molecular weight excluding hydrogens is 1520 g/mol. The summed E-state index contributed by atoms with van der Waals surface area (Å²) < 4.78 is 17.0. The summed E-state index contributed by atoms with van der Waals surface area (Å²) in [6, 6.07) is -14.6. The minimum Gasteiger partial charge on any atom is -0.379 e. The van der Waals surface area contributed by atoms with E-state index in [0.29, 0.717) is 90.1 Å². The van der Waals surface area contributed by atoms with Crippen molar-refractivity contribution in [1.29, 1.82) is 0 Å².